The molecule has 2 N–H and O–H groups in total. The van der Waals surface area contributed by atoms with Crippen molar-refractivity contribution in [3.63, 3.8) is 0 Å². The molecule has 1 fully saturated rings. The molecule has 6 heteroatoms. The molecule has 2 heterocycles. The fraction of sp³-hybridized carbons (Fsp3) is 0.636. The van der Waals surface area contributed by atoms with Crippen molar-refractivity contribution in [3.8, 4) is 0 Å². The number of aryl methyl sites for hydroxylation is 1. The van der Waals surface area contributed by atoms with Crippen molar-refractivity contribution in [1.82, 2.24) is 19.8 Å². The molecule has 1 amide bonds. The van der Waals surface area contributed by atoms with Gasteiger partial charge in [-0.3, -0.25) is 4.79 Å². The van der Waals surface area contributed by atoms with E-state index in [1.165, 1.54) is 0 Å². The molecule has 0 unspecified atom stereocenters. The molecule has 0 aromatic carbocycles. The smallest absolute Gasteiger partial charge is 0.224 e. The minimum atomic E-state index is -0.461. The number of hydrogen-bond acceptors (Lipinski definition) is 4. The first-order chi connectivity index (χ1) is 8.18. The minimum absolute atomic E-state index is 0.0476. The first-order valence-electron chi connectivity index (χ1n) is 5.78. The van der Waals surface area contributed by atoms with Crippen LogP contribution in [-0.2, 0) is 11.3 Å². The average molecular weight is 238 g/mol. The van der Waals surface area contributed by atoms with Gasteiger partial charge in [0, 0.05) is 45.5 Å². The van der Waals surface area contributed by atoms with E-state index >= 15 is 0 Å². The molecule has 0 aliphatic carbocycles. The third kappa shape index (κ3) is 2.83. The van der Waals surface area contributed by atoms with Gasteiger partial charge in [-0.25, -0.2) is 4.98 Å². The van der Waals surface area contributed by atoms with Gasteiger partial charge in [0.15, 0.2) is 0 Å². The van der Waals surface area contributed by atoms with Gasteiger partial charge in [-0.05, 0) is 0 Å². The fourth-order valence-electron chi connectivity index (χ4n) is 2.05. The minimum Gasteiger partial charge on any atom is -0.390 e. The van der Waals surface area contributed by atoms with Crippen LogP contribution in [0.1, 0.15) is 6.42 Å². The molecule has 6 nitrogen and oxygen atoms in total. The molecule has 0 saturated carbocycles. The summed E-state index contributed by atoms with van der Waals surface area (Å²) in [6.45, 7) is 1.84. The topological polar surface area (TPSA) is 70.4 Å². The van der Waals surface area contributed by atoms with E-state index in [4.69, 9.17) is 0 Å². The second kappa shape index (κ2) is 5.29. The van der Waals surface area contributed by atoms with Crippen molar-refractivity contribution in [3.05, 3.63) is 18.7 Å². The lowest BCUT2D eigenvalue weighted by molar-refractivity contribution is -0.133. The summed E-state index contributed by atoms with van der Waals surface area (Å²) in [5, 5.41) is 12.8. The number of imidazole rings is 1. The Morgan fingerprint density at radius 2 is 2.47 bits per heavy atom. The van der Waals surface area contributed by atoms with Gasteiger partial charge in [-0.1, -0.05) is 0 Å². The molecular formula is C11H18N4O2. The number of rotatable bonds is 4. The van der Waals surface area contributed by atoms with Crippen LogP contribution in [-0.4, -0.2) is 57.7 Å². The van der Waals surface area contributed by atoms with Crippen LogP contribution in [0.2, 0.25) is 0 Å². The Morgan fingerprint density at radius 3 is 3.06 bits per heavy atom. The van der Waals surface area contributed by atoms with Crippen LogP contribution >= 0.6 is 0 Å². The molecule has 1 aromatic rings. The highest BCUT2D eigenvalue weighted by Gasteiger charge is 2.30. The number of aromatic nitrogens is 2. The van der Waals surface area contributed by atoms with Crippen LogP contribution in [0, 0.1) is 0 Å². The molecule has 17 heavy (non-hydrogen) atoms. The molecule has 94 valence electrons. The van der Waals surface area contributed by atoms with E-state index in [0.717, 1.165) is 0 Å². The summed E-state index contributed by atoms with van der Waals surface area (Å²) in [4.78, 5) is 17.5. The zero-order valence-corrected chi connectivity index (χ0v) is 9.91. The number of carbonyl (C=O) groups excluding carboxylic acids is 1. The quantitative estimate of drug-likeness (QED) is 0.710. The summed E-state index contributed by atoms with van der Waals surface area (Å²) < 4.78 is 1.87. The number of amides is 1. The van der Waals surface area contributed by atoms with Crippen LogP contribution in [0.15, 0.2) is 18.7 Å². The summed E-state index contributed by atoms with van der Waals surface area (Å²) in [5.74, 6) is 0.0476. The molecule has 1 aromatic heterocycles. The number of carbonyl (C=O) groups is 1. The first-order valence-corrected chi connectivity index (χ1v) is 5.78. The van der Waals surface area contributed by atoms with Crippen molar-refractivity contribution in [2.75, 3.05) is 20.1 Å². The summed E-state index contributed by atoms with van der Waals surface area (Å²) in [5.41, 5.74) is 0. The van der Waals surface area contributed by atoms with E-state index in [0.29, 0.717) is 26.1 Å². The summed E-state index contributed by atoms with van der Waals surface area (Å²) >= 11 is 0. The zero-order valence-electron chi connectivity index (χ0n) is 9.91. The Morgan fingerprint density at radius 1 is 1.65 bits per heavy atom. The van der Waals surface area contributed by atoms with E-state index in [1.54, 1.807) is 24.5 Å². The Balaban J connectivity index is 1.83. The van der Waals surface area contributed by atoms with E-state index < -0.39 is 6.10 Å². The predicted octanol–water partition coefficient (Wildman–Crippen LogP) is -0.936. The van der Waals surface area contributed by atoms with E-state index in [2.05, 4.69) is 10.3 Å². The molecule has 1 aliphatic rings. The van der Waals surface area contributed by atoms with E-state index in [-0.39, 0.29) is 11.9 Å². The van der Waals surface area contributed by atoms with Crippen molar-refractivity contribution in [1.29, 1.82) is 0 Å². The molecule has 1 saturated heterocycles. The predicted molar refractivity (Wildman–Crippen MR) is 62.3 cm³/mol. The van der Waals surface area contributed by atoms with Gasteiger partial charge in [0.05, 0.1) is 18.5 Å². The molecule has 0 bridgehead atoms. The number of likely N-dealkylation sites (N-methyl/N-ethyl adjacent to an activating group) is 1. The molecule has 2 atom stereocenters. The van der Waals surface area contributed by atoms with Crippen LogP contribution < -0.4 is 5.32 Å². The van der Waals surface area contributed by atoms with Crippen molar-refractivity contribution >= 4 is 5.91 Å². The van der Waals surface area contributed by atoms with Crippen molar-refractivity contribution < 1.29 is 9.90 Å². The zero-order chi connectivity index (χ0) is 12.3. The fourth-order valence-corrected chi connectivity index (χ4v) is 2.05. The largest absolute Gasteiger partial charge is 0.390 e. The van der Waals surface area contributed by atoms with E-state index in [9.17, 15) is 9.90 Å². The first kappa shape index (κ1) is 12.1. The number of nitrogens with zero attached hydrogens (tertiary/aromatic N) is 3. The van der Waals surface area contributed by atoms with Crippen LogP contribution in [0.25, 0.3) is 0 Å². The highest BCUT2D eigenvalue weighted by molar-refractivity contribution is 5.76. The summed E-state index contributed by atoms with van der Waals surface area (Å²) in [7, 11) is 1.75. The lowest BCUT2D eigenvalue weighted by Gasteiger charge is -2.26. The van der Waals surface area contributed by atoms with Crippen LogP contribution in [0.4, 0.5) is 0 Å². The van der Waals surface area contributed by atoms with Gasteiger partial charge in [-0.15, -0.1) is 0 Å². The van der Waals surface area contributed by atoms with Crippen LogP contribution in [0.3, 0.4) is 0 Å². The van der Waals surface area contributed by atoms with Crippen LogP contribution in [0.5, 0.6) is 0 Å². The SMILES string of the molecule is CN(C(=O)CCn1ccnc1)[C@@H]1CNC[C@H]1O. The lowest BCUT2D eigenvalue weighted by Crippen LogP contribution is -2.44. The Hall–Kier alpha value is -1.40. The standard InChI is InChI=1S/C11H18N4O2/c1-14(9-6-13-7-10(9)16)11(17)2-4-15-5-3-12-8-15/h3,5,8-10,13,16H,2,4,6-7H2,1H3/t9-,10-/m1/s1. The molecule has 1 aliphatic heterocycles. The number of β-amino-alcohol motifs (C(OH)–C–C–N with tert-alkyl or cyclic N) is 1. The van der Waals surface area contributed by atoms with E-state index in [1.807, 2.05) is 10.8 Å². The van der Waals surface area contributed by atoms with Crippen molar-refractivity contribution in [2.24, 2.45) is 0 Å². The monoisotopic (exact) mass is 238 g/mol. The molecule has 0 spiro atoms. The Bertz CT molecular complexity index is 366. The average Bonchev–Trinajstić information content (AvgIpc) is 2.95. The van der Waals surface area contributed by atoms with Gasteiger partial charge in [0.2, 0.25) is 5.91 Å². The van der Waals surface area contributed by atoms with Crippen molar-refractivity contribution in [2.45, 2.75) is 25.1 Å². The Labute approximate surface area is 100 Å². The summed E-state index contributed by atoms with van der Waals surface area (Å²) in [6, 6.07) is -0.106. The number of aliphatic hydroxyl groups excluding tert-OH is 1. The third-order valence-electron chi connectivity index (χ3n) is 3.19. The van der Waals surface area contributed by atoms with Gasteiger partial charge in [-0.2, -0.15) is 0 Å². The third-order valence-corrected chi connectivity index (χ3v) is 3.19. The lowest BCUT2D eigenvalue weighted by atomic mass is 10.2. The maximum absolute atomic E-state index is 11.9. The van der Waals surface area contributed by atoms with Gasteiger partial charge >= 0.3 is 0 Å². The second-order valence-corrected chi connectivity index (χ2v) is 4.35. The molecule has 0 radical (unpaired) electrons. The molecular weight excluding hydrogens is 220 g/mol. The highest BCUT2D eigenvalue weighted by Crippen LogP contribution is 2.09. The number of hydrogen-bond donors (Lipinski definition) is 2. The maximum Gasteiger partial charge on any atom is 0.224 e. The second-order valence-electron chi connectivity index (χ2n) is 4.35. The van der Waals surface area contributed by atoms with Gasteiger partial charge in [0.1, 0.15) is 0 Å². The number of nitrogens with one attached hydrogen (secondary N) is 1. The Kier molecular flexibility index (Phi) is 3.75. The summed E-state index contributed by atoms with van der Waals surface area (Å²) in [6.07, 6.45) is 5.19. The maximum atomic E-state index is 11.9. The molecule has 2 rings (SSSR count). The highest BCUT2D eigenvalue weighted by atomic mass is 16.3. The van der Waals surface area contributed by atoms with Gasteiger partial charge in [0.25, 0.3) is 0 Å². The number of aliphatic hydroxyl groups is 1. The normalized spacial score (nSPS) is 23.9. The van der Waals surface area contributed by atoms with Gasteiger partial charge < -0.3 is 19.9 Å².